The number of pyridine rings is 1. The van der Waals surface area contributed by atoms with Crippen molar-refractivity contribution in [2.45, 2.75) is 6.42 Å². The van der Waals surface area contributed by atoms with Crippen LogP contribution in [0.5, 0.6) is 11.5 Å². The Hall–Kier alpha value is -2.19. The maximum absolute atomic E-state index is 11.9. The van der Waals surface area contributed by atoms with Crippen molar-refractivity contribution in [3.05, 3.63) is 33.1 Å². The van der Waals surface area contributed by atoms with Crippen molar-refractivity contribution in [3.8, 4) is 17.6 Å². The van der Waals surface area contributed by atoms with Gasteiger partial charge < -0.3 is 14.5 Å². The quantitative estimate of drug-likeness (QED) is 0.934. The van der Waals surface area contributed by atoms with Crippen LogP contribution in [0, 0.1) is 11.3 Å². The lowest BCUT2D eigenvalue weighted by Crippen LogP contribution is -2.12. The van der Waals surface area contributed by atoms with Crippen LogP contribution in [0.25, 0.3) is 10.9 Å². The molecule has 5 nitrogen and oxygen atoms in total. The van der Waals surface area contributed by atoms with E-state index in [-0.39, 0.29) is 12.0 Å². The van der Waals surface area contributed by atoms with Gasteiger partial charge in [-0.1, -0.05) is 11.6 Å². The van der Waals surface area contributed by atoms with Crippen molar-refractivity contribution in [1.29, 1.82) is 5.26 Å². The average Bonchev–Trinajstić information content (AvgIpc) is 2.39. The summed E-state index contributed by atoms with van der Waals surface area (Å²) in [5.41, 5.74) is 0.493. The lowest BCUT2D eigenvalue weighted by atomic mass is 10.1. The first kappa shape index (κ1) is 13.2. The molecule has 0 aliphatic rings. The summed E-state index contributed by atoms with van der Waals surface area (Å²) in [4.78, 5) is 14.5. The smallest absolute Gasteiger partial charge is 0.252 e. The third-order valence-electron chi connectivity index (χ3n) is 2.78. The zero-order valence-corrected chi connectivity index (χ0v) is 11.2. The third-order valence-corrected chi connectivity index (χ3v) is 3.06. The molecule has 0 aliphatic heterocycles. The molecule has 2 aromatic rings. The summed E-state index contributed by atoms with van der Waals surface area (Å²) < 4.78 is 10.4. The molecule has 1 N–H and O–H groups in total. The predicted molar refractivity (Wildman–Crippen MR) is 72.0 cm³/mol. The lowest BCUT2D eigenvalue weighted by molar-refractivity contribution is 0.410. The second-order valence-electron chi connectivity index (χ2n) is 3.84. The van der Waals surface area contributed by atoms with Crippen molar-refractivity contribution in [2.24, 2.45) is 0 Å². The van der Waals surface area contributed by atoms with Gasteiger partial charge in [-0.05, 0) is 6.07 Å². The highest BCUT2D eigenvalue weighted by molar-refractivity contribution is 6.33. The number of fused-ring (bicyclic) bond motifs is 1. The Balaban J connectivity index is 2.89. The van der Waals surface area contributed by atoms with E-state index >= 15 is 0 Å². The Morgan fingerprint density at radius 3 is 2.68 bits per heavy atom. The van der Waals surface area contributed by atoms with E-state index in [9.17, 15) is 4.79 Å². The summed E-state index contributed by atoms with van der Waals surface area (Å²) in [7, 11) is 2.97. The molecule has 0 aliphatic carbocycles. The first-order valence-electron chi connectivity index (χ1n) is 5.45. The molecule has 0 atom stereocenters. The Bertz CT molecular complexity index is 731. The molecule has 98 valence electrons. The summed E-state index contributed by atoms with van der Waals surface area (Å²) in [6.07, 6.45) is 0.0272. The standard InChI is InChI=1S/C13H11ClN2O3/c1-18-10-6-9(14)12(19-2)11-8(10)5-7(3-4-15)13(17)16-11/h5-6H,3H2,1-2H3,(H,16,17). The van der Waals surface area contributed by atoms with E-state index in [1.807, 2.05) is 6.07 Å². The van der Waals surface area contributed by atoms with Gasteiger partial charge in [-0.25, -0.2) is 0 Å². The molecule has 0 spiro atoms. The minimum atomic E-state index is -0.336. The number of benzene rings is 1. The molecule has 1 aromatic carbocycles. The maximum Gasteiger partial charge on any atom is 0.252 e. The molecule has 0 fully saturated rings. The summed E-state index contributed by atoms with van der Waals surface area (Å²) >= 11 is 6.06. The summed E-state index contributed by atoms with van der Waals surface area (Å²) in [6, 6.07) is 5.18. The van der Waals surface area contributed by atoms with Gasteiger partial charge in [0.2, 0.25) is 0 Å². The highest BCUT2D eigenvalue weighted by Crippen LogP contribution is 2.37. The van der Waals surface area contributed by atoms with Gasteiger partial charge in [0, 0.05) is 17.0 Å². The molecular formula is C13H11ClN2O3. The largest absolute Gasteiger partial charge is 0.496 e. The van der Waals surface area contributed by atoms with Crippen molar-refractivity contribution in [1.82, 2.24) is 4.98 Å². The molecule has 1 heterocycles. The Morgan fingerprint density at radius 1 is 1.37 bits per heavy atom. The Kier molecular flexibility index (Phi) is 3.63. The Labute approximate surface area is 114 Å². The number of halogens is 1. The van der Waals surface area contributed by atoms with Crippen LogP contribution in [0.1, 0.15) is 5.56 Å². The topological polar surface area (TPSA) is 75.1 Å². The van der Waals surface area contributed by atoms with Crippen molar-refractivity contribution >= 4 is 22.5 Å². The van der Waals surface area contributed by atoms with Crippen molar-refractivity contribution < 1.29 is 9.47 Å². The minimum Gasteiger partial charge on any atom is -0.496 e. The monoisotopic (exact) mass is 278 g/mol. The van der Waals surface area contributed by atoms with E-state index in [1.54, 1.807) is 12.1 Å². The summed E-state index contributed by atoms with van der Waals surface area (Å²) in [5.74, 6) is 0.884. The highest BCUT2D eigenvalue weighted by atomic mass is 35.5. The molecule has 0 unspecified atom stereocenters. The summed E-state index contributed by atoms with van der Waals surface area (Å²) in [6.45, 7) is 0. The van der Waals surface area contributed by atoms with Crippen LogP contribution in [-0.4, -0.2) is 19.2 Å². The molecule has 0 amide bonds. The fourth-order valence-electron chi connectivity index (χ4n) is 1.91. The minimum absolute atomic E-state index is 0.0272. The van der Waals surface area contributed by atoms with Gasteiger partial charge in [-0.15, -0.1) is 0 Å². The van der Waals surface area contributed by atoms with Crippen LogP contribution in [0.2, 0.25) is 5.02 Å². The van der Waals surface area contributed by atoms with E-state index in [4.69, 9.17) is 26.3 Å². The number of nitriles is 1. The lowest BCUT2D eigenvalue weighted by Gasteiger charge is -2.12. The molecule has 1 aromatic heterocycles. The van der Waals surface area contributed by atoms with Crippen LogP contribution in [0.4, 0.5) is 0 Å². The molecule has 6 heteroatoms. The third kappa shape index (κ3) is 2.23. The average molecular weight is 279 g/mol. The van der Waals surface area contributed by atoms with Crippen molar-refractivity contribution in [2.75, 3.05) is 14.2 Å². The number of hydrogen-bond donors (Lipinski definition) is 1. The van der Waals surface area contributed by atoms with Crippen LogP contribution >= 0.6 is 11.6 Å². The molecule has 0 bridgehead atoms. The van der Waals surface area contributed by atoms with E-state index in [0.29, 0.717) is 33.0 Å². The predicted octanol–water partition coefficient (Wildman–Crippen LogP) is 2.26. The molecule has 2 rings (SSSR count). The van der Waals surface area contributed by atoms with Gasteiger partial charge >= 0.3 is 0 Å². The number of hydrogen-bond acceptors (Lipinski definition) is 4. The van der Waals surface area contributed by atoms with Gasteiger partial charge in [-0.3, -0.25) is 4.79 Å². The normalized spacial score (nSPS) is 10.2. The molecule has 0 saturated heterocycles. The fraction of sp³-hybridized carbons (Fsp3) is 0.231. The van der Waals surface area contributed by atoms with Gasteiger partial charge in [0.15, 0.2) is 5.75 Å². The van der Waals surface area contributed by atoms with Crippen LogP contribution in [-0.2, 0) is 6.42 Å². The molecule has 0 saturated carbocycles. The maximum atomic E-state index is 11.9. The number of rotatable bonds is 3. The van der Waals surface area contributed by atoms with E-state index in [1.165, 1.54) is 14.2 Å². The molecule has 0 radical (unpaired) electrons. The number of nitrogens with zero attached hydrogens (tertiary/aromatic N) is 1. The van der Waals surface area contributed by atoms with Gasteiger partial charge in [-0.2, -0.15) is 5.26 Å². The van der Waals surface area contributed by atoms with Crippen LogP contribution in [0.3, 0.4) is 0 Å². The van der Waals surface area contributed by atoms with E-state index in [2.05, 4.69) is 4.98 Å². The number of aromatic amines is 1. The van der Waals surface area contributed by atoms with Gasteiger partial charge in [0.25, 0.3) is 5.56 Å². The Morgan fingerprint density at radius 2 is 2.11 bits per heavy atom. The van der Waals surface area contributed by atoms with Crippen molar-refractivity contribution in [3.63, 3.8) is 0 Å². The number of methoxy groups -OCH3 is 2. The SMILES string of the molecule is COc1cc(Cl)c(OC)c2[nH]c(=O)c(CC#N)cc12. The number of aromatic nitrogens is 1. The first-order chi connectivity index (χ1) is 9.12. The molecule has 19 heavy (non-hydrogen) atoms. The molecular weight excluding hydrogens is 268 g/mol. The van der Waals surface area contributed by atoms with Gasteiger partial charge in [0.1, 0.15) is 5.75 Å². The first-order valence-corrected chi connectivity index (χ1v) is 5.83. The number of nitrogens with one attached hydrogen (secondary N) is 1. The highest BCUT2D eigenvalue weighted by Gasteiger charge is 2.15. The second-order valence-corrected chi connectivity index (χ2v) is 4.25. The zero-order valence-electron chi connectivity index (χ0n) is 10.4. The fourth-order valence-corrected chi connectivity index (χ4v) is 2.18. The van der Waals surface area contributed by atoms with Crippen LogP contribution < -0.4 is 15.0 Å². The van der Waals surface area contributed by atoms with Gasteiger partial charge in [0.05, 0.1) is 37.2 Å². The van der Waals surface area contributed by atoms with E-state index < -0.39 is 0 Å². The summed E-state index contributed by atoms with van der Waals surface area (Å²) in [5, 5.41) is 9.70. The number of H-pyrrole nitrogens is 1. The second kappa shape index (κ2) is 5.21. The van der Waals surface area contributed by atoms with Crippen LogP contribution in [0.15, 0.2) is 16.9 Å². The zero-order chi connectivity index (χ0) is 14.0. The van der Waals surface area contributed by atoms with E-state index in [0.717, 1.165) is 0 Å². The number of ether oxygens (including phenoxy) is 2.